The van der Waals surface area contributed by atoms with Crippen LogP contribution in [0, 0.1) is 5.92 Å². The van der Waals surface area contributed by atoms with Gasteiger partial charge in [-0.15, -0.1) is 0 Å². The largest absolute Gasteiger partial charge is 0.313 e. The molecule has 2 rings (SSSR count). The number of hydrogen-bond donors (Lipinski definition) is 1. The van der Waals surface area contributed by atoms with Crippen molar-refractivity contribution in [2.45, 2.75) is 63.8 Å². The Kier molecular flexibility index (Phi) is 6.39. The molecule has 1 fully saturated rings. The van der Waals surface area contributed by atoms with E-state index in [0.717, 1.165) is 12.0 Å². The first kappa shape index (κ1) is 15.1. The van der Waals surface area contributed by atoms with Gasteiger partial charge in [-0.2, -0.15) is 0 Å². The van der Waals surface area contributed by atoms with Crippen molar-refractivity contribution in [3.05, 3.63) is 11.6 Å². The molecule has 0 saturated heterocycles. The van der Waals surface area contributed by atoms with Crippen molar-refractivity contribution in [1.29, 1.82) is 0 Å². The van der Waals surface area contributed by atoms with Crippen molar-refractivity contribution in [3.63, 3.8) is 0 Å². The van der Waals surface area contributed by atoms with E-state index in [4.69, 9.17) is 0 Å². The van der Waals surface area contributed by atoms with Crippen LogP contribution in [-0.2, 0) is 0 Å². The molecule has 19 heavy (non-hydrogen) atoms. The van der Waals surface area contributed by atoms with E-state index in [1.807, 2.05) is 0 Å². The second-order valence-corrected chi connectivity index (χ2v) is 6.63. The number of allylic oxidation sites excluding steroid dienone is 1. The van der Waals surface area contributed by atoms with E-state index in [2.05, 4.69) is 30.4 Å². The number of nitrogens with zero attached hydrogens (tertiary/aromatic N) is 1. The van der Waals surface area contributed by atoms with Gasteiger partial charge in [-0.25, -0.2) is 0 Å². The topological polar surface area (TPSA) is 15.3 Å². The first-order valence-corrected chi connectivity index (χ1v) is 8.34. The molecule has 0 radical (unpaired) electrons. The third-order valence-corrected chi connectivity index (χ3v) is 4.76. The van der Waals surface area contributed by atoms with Crippen molar-refractivity contribution < 1.29 is 0 Å². The molecule has 0 bridgehead atoms. The van der Waals surface area contributed by atoms with Crippen LogP contribution in [0.5, 0.6) is 0 Å². The number of rotatable bonds is 6. The lowest BCUT2D eigenvalue weighted by Gasteiger charge is -2.35. The van der Waals surface area contributed by atoms with Crippen LogP contribution in [0.2, 0.25) is 0 Å². The van der Waals surface area contributed by atoms with E-state index in [1.54, 1.807) is 5.57 Å². The van der Waals surface area contributed by atoms with Crippen LogP contribution in [0.25, 0.3) is 0 Å². The molecule has 110 valence electrons. The number of hydrogen-bond acceptors (Lipinski definition) is 2. The van der Waals surface area contributed by atoms with Crippen LogP contribution in [-0.4, -0.2) is 38.1 Å². The molecule has 0 aliphatic heterocycles. The maximum atomic E-state index is 3.86. The van der Waals surface area contributed by atoms with Crippen molar-refractivity contribution in [3.8, 4) is 0 Å². The van der Waals surface area contributed by atoms with Gasteiger partial charge in [0.2, 0.25) is 0 Å². The first-order chi connectivity index (χ1) is 9.27. The molecule has 2 nitrogen and oxygen atoms in total. The third-order valence-electron chi connectivity index (χ3n) is 4.76. The Morgan fingerprint density at radius 2 is 2.00 bits per heavy atom. The summed E-state index contributed by atoms with van der Waals surface area (Å²) >= 11 is 0. The Morgan fingerprint density at radius 3 is 2.74 bits per heavy atom. The Bertz CT molecular complexity index is 283. The molecule has 0 unspecified atom stereocenters. The third kappa shape index (κ3) is 4.92. The van der Waals surface area contributed by atoms with Crippen LogP contribution in [0.3, 0.4) is 0 Å². The average molecular weight is 264 g/mol. The normalized spacial score (nSPS) is 28.5. The maximum Gasteiger partial charge on any atom is 0.0132 e. The zero-order valence-corrected chi connectivity index (χ0v) is 13.0. The highest BCUT2D eigenvalue weighted by atomic mass is 15.1. The predicted octanol–water partition coefficient (Wildman–Crippen LogP) is 3.59. The van der Waals surface area contributed by atoms with Crippen LogP contribution in [0.15, 0.2) is 11.6 Å². The Labute approximate surface area is 119 Å². The molecule has 0 aromatic rings. The first-order valence-electron chi connectivity index (χ1n) is 8.34. The fourth-order valence-electron chi connectivity index (χ4n) is 3.70. The lowest BCUT2D eigenvalue weighted by Crippen LogP contribution is -2.40. The van der Waals surface area contributed by atoms with Gasteiger partial charge in [-0.05, 0) is 78.0 Å². The van der Waals surface area contributed by atoms with Gasteiger partial charge in [0.25, 0.3) is 0 Å². The highest BCUT2D eigenvalue weighted by Gasteiger charge is 2.27. The zero-order chi connectivity index (χ0) is 13.5. The molecule has 0 spiro atoms. The highest BCUT2D eigenvalue weighted by molar-refractivity contribution is 5.13. The lowest BCUT2D eigenvalue weighted by atomic mass is 9.76. The highest BCUT2D eigenvalue weighted by Crippen LogP contribution is 2.35. The fourth-order valence-corrected chi connectivity index (χ4v) is 3.70. The monoisotopic (exact) mass is 264 g/mol. The summed E-state index contributed by atoms with van der Waals surface area (Å²) in [5.41, 5.74) is 1.79. The molecule has 0 aromatic carbocycles. The quantitative estimate of drug-likeness (QED) is 0.582. The summed E-state index contributed by atoms with van der Waals surface area (Å²) in [6.45, 7) is 2.39. The summed E-state index contributed by atoms with van der Waals surface area (Å²) in [5.74, 6) is 0.855. The average Bonchev–Trinajstić information content (AvgIpc) is 2.45. The molecule has 2 atom stereocenters. The van der Waals surface area contributed by atoms with Crippen LogP contribution in [0.4, 0.5) is 0 Å². The van der Waals surface area contributed by atoms with Crippen molar-refractivity contribution in [2.75, 3.05) is 27.2 Å². The fraction of sp³-hybridized carbons (Fsp3) is 0.882. The molecular formula is C17H32N2. The summed E-state index contributed by atoms with van der Waals surface area (Å²) in [4.78, 5) is 2.28. The molecule has 0 aromatic heterocycles. The van der Waals surface area contributed by atoms with Crippen molar-refractivity contribution in [1.82, 2.24) is 10.2 Å². The van der Waals surface area contributed by atoms with E-state index in [1.165, 1.54) is 70.9 Å². The minimum atomic E-state index is 0.764. The van der Waals surface area contributed by atoms with Gasteiger partial charge in [-0.3, -0.25) is 0 Å². The Balaban J connectivity index is 1.80. The molecule has 1 saturated carbocycles. The van der Waals surface area contributed by atoms with Gasteiger partial charge < -0.3 is 10.2 Å². The molecule has 2 aliphatic carbocycles. The van der Waals surface area contributed by atoms with Gasteiger partial charge >= 0.3 is 0 Å². The zero-order valence-electron chi connectivity index (χ0n) is 13.0. The smallest absolute Gasteiger partial charge is 0.0132 e. The Morgan fingerprint density at radius 1 is 1.16 bits per heavy atom. The van der Waals surface area contributed by atoms with Gasteiger partial charge in [-0.1, -0.05) is 24.5 Å². The van der Waals surface area contributed by atoms with Crippen molar-refractivity contribution >= 4 is 0 Å². The van der Waals surface area contributed by atoms with Crippen molar-refractivity contribution in [2.24, 2.45) is 5.92 Å². The molecule has 0 heterocycles. The maximum absolute atomic E-state index is 3.86. The minimum absolute atomic E-state index is 0.764. The van der Waals surface area contributed by atoms with Crippen LogP contribution >= 0.6 is 0 Å². The SMILES string of the molecule is CN(C)CCCN[C@H]1CCCC[C@@H]1C1=CCCCC1. The van der Waals surface area contributed by atoms with E-state index >= 15 is 0 Å². The summed E-state index contributed by atoms with van der Waals surface area (Å²) < 4.78 is 0. The molecule has 2 aliphatic rings. The summed E-state index contributed by atoms with van der Waals surface area (Å²) in [6.07, 6.45) is 15.1. The molecule has 0 amide bonds. The lowest BCUT2D eigenvalue weighted by molar-refractivity contribution is 0.281. The van der Waals surface area contributed by atoms with E-state index in [9.17, 15) is 0 Å². The summed E-state index contributed by atoms with van der Waals surface area (Å²) in [5, 5.41) is 3.86. The molecule has 2 heteroatoms. The minimum Gasteiger partial charge on any atom is -0.313 e. The van der Waals surface area contributed by atoms with E-state index in [0.29, 0.717) is 0 Å². The summed E-state index contributed by atoms with van der Waals surface area (Å²) in [6, 6.07) is 0.764. The number of nitrogens with one attached hydrogen (secondary N) is 1. The van der Waals surface area contributed by atoms with Gasteiger partial charge in [0.05, 0.1) is 0 Å². The van der Waals surface area contributed by atoms with E-state index < -0.39 is 0 Å². The summed E-state index contributed by atoms with van der Waals surface area (Å²) in [7, 11) is 4.33. The van der Waals surface area contributed by atoms with E-state index in [-0.39, 0.29) is 0 Å². The van der Waals surface area contributed by atoms with Gasteiger partial charge in [0.15, 0.2) is 0 Å². The standard InChI is InChI=1S/C17H32N2/c1-19(2)14-8-13-18-17-12-7-6-11-16(17)15-9-4-3-5-10-15/h9,16-18H,3-8,10-14H2,1-2H3/t16-,17+/m1/s1. The second-order valence-electron chi connectivity index (χ2n) is 6.63. The van der Waals surface area contributed by atoms with Gasteiger partial charge in [0.1, 0.15) is 0 Å². The molecule has 1 N–H and O–H groups in total. The van der Waals surface area contributed by atoms with Crippen LogP contribution in [0.1, 0.15) is 57.8 Å². The second kappa shape index (κ2) is 8.06. The Hall–Kier alpha value is -0.340. The molecular weight excluding hydrogens is 232 g/mol. The van der Waals surface area contributed by atoms with Gasteiger partial charge in [0, 0.05) is 6.04 Å². The predicted molar refractivity (Wildman–Crippen MR) is 83.5 cm³/mol. The van der Waals surface area contributed by atoms with Crippen LogP contribution < -0.4 is 5.32 Å².